The molecule has 0 heterocycles. The molecule has 1 aromatic rings. The number of ether oxygens (including phenoxy) is 1. The van der Waals surface area contributed by atoms with E-state index in [-0.39, 0.29) is 27.9 Å². The Morgan fingerprint density at radius 3 is 2.21 bits per heavy atom. The first-order valence-corrected chi connectivity index (χ1v) is 5.75. The molecule has 0 N–H and O–H groups in total. The van der Waals surface area contributed by atoms with Crippen molar-refractivity contribution in [1.29, 1.82) is 0 Å². The van der Waals surface area contributed by atoms with Crippen molar-refractivity contribution in [3.05, 3.63) is 43.5 Å². The average Bonchev–Trinajstić information content (AvgIpc) is 2.35. The van der Waals surface area contributed by atoms with Crippen LogP contribution in [-0.4, -0.2) is 22.0 Å². The quantitative estimate of drug-likeness (QED) is 0.479. The summed E-state index contributed by atoms with van der Waals surface area (Å²) < 4.78 is 4.88. The molecule has 1 aromatic carbocycles. The van der Waals surface area contributed by atoms with Gasteiger partial charge in [-0.25, -0.2) is 0 Å². The summed E-state index contributed by atoms with van der Waals surface area (Å²) in [6, 6.07) is 2.14. The summed E-state index contributed by atoms with van der Waals surface area (Å²) in [6.07, 6.45) is 0. The fourth-order valence-corrected chi connectivity index (χ4v) is 1.93. The normalized spacial score (nSPS) is 10.3. The lowest BCUT2D eigenvalue weighted by Gasteiger charge is -2.13. The molecule has 0 fully saturated rings. The van der Waals surface area contributed by atoms with Crippen LogP contribution in [-0.2, 0) is 4.74 Å². The van der Waals surface area contributed by atoms with Gasteiger partial charge < -0.3 is 4.74 Å². The van der Waals surface area contributed by atoms with Gasteiger partial charge in [0.15, 0.2) is 5.05 Å². The topological polar surface area (TPSA) is 95.5 Å². The number of nitro groups is 2. The van der Waals surface area contributed by atoms with Crippen LogP contribution >= 0.6 is 12.2 Å². The van der Waals surface area contributed by atoms with E-state index in [0.717, 1.165) is 6.07 Å². The van der Waals surface area contributed by atoms with Gasteiger partial charge >= 0.3 is 0 Å². The SMILES string of the molecule is COC(=S)c1cc([N+](=O)[O-])cc([N+](=O)[O-])c1C(C)C. The van der Waals surface area contributed by atoms with Crippen LogP contribution in [0, 0.1) is 20.2 Å². The first-order chi connectivity index (χ1) is 8.79. The molecule has 19 heavy (non-hydrogen) atoms. The first kappa shape index (κ1) is 15.0. The Labute approximate surface area is 114 Å². The van der Waals surface area contributed by atoms with Crippen molar-refractivity contribution in [2.75, 3.05) is 7.11 Å². The van der Waals surface area contributed by atoms with Crippen LogP contribution in [0.1, 0.15) is 30.9 Å². The predicted molar refractivity (Wildman–Crippen MR) is 72.5 cm³/mol. The summed E-state index contributed by atoms with van der Waals surface area (Å²) in [5.74, 6) is -0.218. The van der Waals surface area contributed by atoms with Crippen molar-refractivity contribution < 1.29 is 14.6 Å². The maximum absolute atomic E-state index is 11.1. The van der Waals surface area contributed by atoms with E-state index in [4.69, 9.17) is 17.0 Å². The largest absolute Gasteiger partial charge is 0.486 e. The number of nitrogens with zero attached hydrogens (tertiary/aromatic N) is 2. The third-order valence-electron chi connectivity index (χ3n) is 2.53. The van der Waals surface area contributed by atoms with Crippen molar-refractivity contribution >= 4 is 28.6 Å². The molecular weight excluding hydrogens is 272 g/mol. The summed E-state index contributed by atoms with van der Waals surface area (Å²) in [4.78, 5) is 20.5. The standard InChI is InChI=1S/C11H12N2O5S/c1-6(2)10-8(11(19)18-3)4-7(12(14)15)5-9(10)13(16)17/h4-6H,1-3H3. The zero-order valence-corrected chi connectivity index (χ0v) is 11.4. The lowest BCUT2D eigenvalue weighted by molar-refractivity contribution is -0.394. The second kappa shape index (κ2) is 5.70. The highest BCUT2D eigenvalue weighted by Gasteiger charge is 2.27. The van der Waals surface area contributed by atoms with E-state index in [0.29, 0.717) is 5.56 Å². The van der Waals surface area contributed by atoms with Crippen LogP contribution in [0.5, 0.6) is 0 Å². The molecule has 1 rings (SSSR count). The van der Waals surface area contributed by atoms with Crippen LogP contribution in [0.25, 0.3) is 0 Å². The van der Waals surface area contributed by atoms with Crippen molar-refractivity contribution in [3.8, 4) is 0 Å². The Hall–Kier alpha value is -2.09. The molecule has 0 atom stereocenters. The molecule has 0 aliphatic heterocycles. The van der Waals surface area contributed by atoms with Gasteiger partial charge in [-0.2, -0.15) is 0 Å². The maximum Gasteiger partial charge on any atom is 0.280 e. The fourth-order valence-electron chi connectivity index (χ4n) is 1.77. The van der Waals surface area contributed by atoms with E-state index >= 15 is 0 Å². The number of hydrogen-bond donors (Lipinski definition) is 0. The van der Waals surface area contributed by atoms with Crippen LogP contribution in [0.4, 0.5) is 11.4 Å². The zero-order chi connectivity index (χ0) is 14.7. The highest BCUT2D eigenvalue weighted by Crippen LogP contribution is 2.34. The summed E-state index contributed by atoms with van der Waals surface area (Å²) in [7, 11) is 1.32. The first-order valence-electron chi connectivity index (χ1n) is 5.34. The molecule has 0 bridgehead atoms. The van der Waals surface area contributed by atoms with Gasteiger partial charge in [0.2, 0.25) is 0 Å². The summed E-state index contributed by atoms with van der Waals surface area (Å²) >= 11 is 4.95. The molecule has 0 saturated heterocycles. The second-order valence-corrected chi connectivity index (χ2v) is 4.46. The van der Waals surface area contributed by atoms with Gasteiger partial charge in [-0.15, -0.1) is 0 Å². The van der Waals surface area contributed by atoms with Gasteiger partial charge in [0.25, 0.3) is 11.4 Å². The summed E-state index contributed by atoms with van der Waals surface area (Å²) in [6.45, 7) is 3.49. The maximum atomic E-state index is 11.1. The number of benzene rings is 1. The minimum atomic E-state index is -0.696. The average molecular weight is 284 g/mol. The zero-order valence-electron chi connectivity index (χ0n) is 10.6. The van der Waals surface area contributed by atoms with Crippen molar-refractivity contribution in [2.45, 2.75) is 19.8 Å². The highest BCUT2D eigenvalue weighted by molar-refractivity contribution is 7.80. The molecule has 0 amide bonds. The van der Waals surface area contributed by atoms with Crippen LogP contribution in [0.2, 0.25) is 0 Å². The Morgan fingerprint density at radius 2 is 1.84 bits per heavy atom. The Kier molecular flexibility index (Phi) is 4.49. The van der Waals surface area contributed by atoms with Crippen LogP contribution in [0.3, 0.4) is 0 Å². The minimum absolute atomic E-state index is 0.00417. The predicted octanol–water partition coefficient (Wildman–Crippen LogP) is 2.95. The van der Waals surface area contributed by atoms with E-state index in [9.17, 15) is 20.2 Å². The highest BCUT2D eigenvalue weighted by atomic mass is 32.1. The number of hydrogen-bond acceptors (Lipinski definition) is 6. The van der Waals surface area contributed by atoms with Gasteiger partial charge in [0, 0.05) is 17.2 Å². The van der Waals surface area contributed by atoms with E-state index in [1.807, 2.05) is 0 Å². The molecular formula is C11H12N2O5S. The lowest BCUT2D eigenvalue weighted by atomic mass is 9.95. The third kappa shape index (κ3) is 3.02. The minimum Gasteiger partial charge on any atom is -0.486 e. The van der Waals surface area contributed by atoms with E-state index in [2.05, 4.69) is 0 Å². The molecule has 0 aromatic heterocycles. The summed E-state index contributed by atoms with van der Waals surface area (Å²) in [5, 5.41) is 21.9. The second-order valence-electron chi connectivity index (χ2n) is 4.09. The van der Waals surface area contributed by atoms with E-state index in [1.54, 1.807) is 13.8 Å². The number of non-ortho nitro benzene ring substituents is 1. The molecule has 0 saturated carbocycles. The Balaban J connectivity index is 3.70. The summed E-state index contributed by atoms with van der Waals surface area (Å²) in [5.41, 5.74) is -0.153. The van der Waals surface area contributed by atoms with Gasteiger partial charge in [-0.1, -0.05) is 13.8 Å². The van der Waals surface area contributed by atoms with Gasteiger partial charge in [-0.05, 0) is 18.1 Å². The molecule has 0 aliphatic rings. The lowest BCUT2D eigenvalue weighted by Crippen LogP contribution is -2.10. The third-order valence-corrected chi connectivity index (χ3v) is 2.92. The molecule has 0 aliphatic carbocycles. The molecule has 0 spiro atoms. The van der Waals surface area contributed by atoms with Crippen LogP contribution < -0.4 is 0 Å². The number of methoxy groups -OCH3 is 1. The van der Waals surface area contributed by atoms with Gasteiger partial charge in [0.1, 0.15) is 0 Å². The molecule has 102 valence electrons. The Morgan fingerprint density at radius 1 is 1.26 bits per heavy atom. The van der Waals surface area contributed by atoms with Gasteiger partial charge in [0.05, 0.1) is 23.0 Å². The number of rotatable bonds is 4. The molecule has 7 nitrogen and oxygen atoms in total. The van der Waals surface area contributed by atoms with Crippen LogP contribution in [0.15, 0.2) is 12.1 Å². The Bertz CT molecular complexity index is 556. The molecule has 8 heteroatoms. The fraction of sp³-hybridized carbons (Fsp3) is 0.364. The number of nitro benzene ring substituents is 2. The van der Waals surface area contributed by atoms with Crippen molar-refractivity contribution in [1.82, 2.24) is 0 Å². The molecule has 0 unspecified atom stereocenters. The molecule has 0 radical (unpaired) electrons. The van der Waals surface area contributed by atoms with Crippen molar-refractivity contribution in [2.24, 2.45) is 0 Å². The monoisotopic (exact) mass is 284 g/mol. The van der Waals surface area contributed by atoms with Crippen molar-refractivity contribution in [3.63, 3.8) is 0 Å². The van der Waals surface area contributed by atoms with E-state index in [1.165, 1.54) is 13.2 Å². The smallest absolute Gasteiger partial charge is 0.280 e. The van der Waals surface area contributed by atoms with Gasteiger partial charge in [-0.3, -0.25) is 20.2 Å². The van der Waals surface area contributed by atoms with E-state index < -0.39 is 9.85 Å². The number of thiocarbonyl (C=S) groups is 1.